The van der Waals surface area contributed by atoms with Crippen LogP contribution in [0.2, 0.25) is 5.02 Å². The summed E-state index contributed by atoms with van der Waals surface area (Å²) in [5.74, 6) is 0.262. The molecule has 2 aromatic carbocycles. The van der Waals surface area contributed by atoms with Crippen molar-refractivity contribution < 1.29 is 9.53 Å². The zero-order valence-corrected chi connectivity index (χ0v) is 14.8. The van der Waals surface area contributed by atoms with Gasteiger partial charge in [-0.15, -0.1) is 0 Å². The van der Waals surface area contributed by atoms with Crippen molar-refractivity contribution in [2.45, 2.75) is 6.92 Å². The maximum Gasteiger partial charge on any atom is 0.277 e. The zero-order valence-electron chi connectivity index (χ0n) is 11.8. The number of halogens is 2. The van der Waals surface area contributed by atoms with Crippen molar-refractivity contribution in [3.8, 4) is 5.75 Å². The largest absolute Gasteiger partial charge is 0.484 e. The number of nitrogens with zero attached hydrogens (tertiary/aromatic N) is 1. The lowest BCUT2D eigenvalue weighted by Gasteiger charge is -2.06. The van der Waals surface area contributed by atoms with Gasteiger partial charge in [-0.2, -0.15) is 5.10 Å². The smallest absolute Gasteiger partial charge is 0.277 e. The normalized spacial score (nSPS) is 11.1. The van der Waals surface area contributed by atoms with Gasteiger partial charge in [0.2, 0.25) is 0 Å². The lowest BCUT2D eigenvalue weighted by atomic mass is 10.1. The van der Waals surface area contributed by atoms with Crippen molar-refractivity contribution in [1.82, 2.24) is 5.43 Å². The van der Waals surface area contributed by atoms with Crippen LogP contribution in [0.3, 0.4) is 0 Å². The maximum atomic E-state index is 11.7. The van der Waals surface area contributed by atoms with Gasteiger partial charge in [-0.1, -0.05) is 23.7 Å². The second-order valence-corrected chi connectivity index (χ2v) is 6.16. The number of hydrogen-bond acceptors (Lipinski definition) is 3. The number of benzene rings is 2. The van der Waals surface area contributed by atoms with Crippen molar-refractivity contribution in [3.05, 3.63) is 62.7 Å². The summed E-state index contributed by atoms with van der Waals surface area (Å²) in [4.78, 5) is 11.7. The van der Waals surface area contributed by atoms with Crippen molar-refractivity contribution in [2.75, 3.05) is 6.61 Å². The number of nitrogens with one attached hydrogen (secondary N) is 1. The lowest BCUT2D eigenvalue weighted by Crippen LogP contribution is -2.25. The summed E-state index contributed by atoms with van der Waals surface area (Å²) in [6.07, 6.45) is 0. The molecule has 0 aromatic heterocycles. The quantitative estimate of drug-likeness (QED) is 0.447. The van der Waals surface area contributed by atoms with Crippen LogP contribution in [0.15, 0.2) is 53.6 Å². The molecule has 114 valence electrons. The first-order chi connectivity index (χ1) is 10.5. The fraction of sp³-hybridized carbons (Fsp3) is 0.125. The monoisotopic (exact) mass is 428 g/mol. The molecule has 0 saturated heterocycles. The van der Waals surface area contributed by atoms with Gasteiger partial charge in [0.15, 0.2) is 6.61 Å². The van der Waals surface area contributed by atoms with Crippen LogP contribution in [0.25, 0.3) is 0 Å². The molecule has 0 aliphatic carbocycles. The van der Waals surface area contributed by atoms with E-state index in [0.29, 0.717) is 10.8 Å². The van der Waals surface area contributed by atoms with Gasteiger partial charge >= 0.3 is 0 Å². The molecule has 0 fully saturated rings. The fourth-order valence-corrected chi connectivity index (χ4v) is 2.10. The minimum absolute atomic E-state index is 0.106. The van der Waals surface area contributed by atoms with Gasteiger partial charge in [-0.05, 0) is 71.5 Å². The Balaban J connectivity index is 1.85. The first-order valence-corrected chi connectivity index (χ1v) is 7.98. The number of rotatable bonds is 5. The predicted octanol–water partition coefficient (Wildman–Crippen LogP) is 3.86. The SMILES string of the molecule is C/C(=N/NC(=O)COc1ccc(Cl)cc1)c1ccc(I)cc1. The number of carbonyl (C=O) groups is 1. The number of amides is 1. The van der Waals surface area contributed by atoms with E-state index < -0.39 is 0 Å². The topological polar surface area (TPSA) is 50.7 Å². The summed E-state index contributed by atoms with van der Waals surface area (Å²) in [6, 6.07) is 14.7. The molecule has 0 unspecified atom stereocenters. The summed E-state index contributed by atoms with van der Waals surface area (Å²) < 4.78 is 6.48. The summed E-state index contributed by atoms with van der Waals surface area (Å²) in [5, 5.41) is 4.68. The molecule has 6 heteroatoms. The Morgan fingerprint density at radius 2 is 1.82 bits per heavy atom. The average molecular weight is 429 g/mol. The van der Waals surface area contributed by atoms with Gasteiger partial charge in [0, 0.05) is 8.59 Å². The predicted molar refractivity (Wildman–Crippen MR) is 96.5 cm³/mol. The van der Waals surface area contributed by atoms with Gasteiger partial charge in [0.05, 0.1) is 5.71 Å². The Kier molecular flexibility index (Phi) is 6.21. The van der Waals surface area contributed by atoms with Crippen LogP contribution in [-0.4, -0.2) is 18.2 Å². The summed E-state index contributed by atoms with van der Waals surface area (Å²) >= 11 is 8.01. The zero-order chi connectivity index (χ0) is 15.9. The van der Waals surface area contributed by atoms with Crippen molar-refractivity contribution in [1.29, 1.82) is 0 Å². The second-order valence-electron chi connectivity index (χ2n) is 4.48. The van der Waals surface area contributed by atoms with E-state index in [0.717, 1.165) is 14.8 Å². The van der Waals surface area contributed by atoms with Crippen LogP contribution in [-0.2, 0) is 4.79 Å². The number of hydrazone groups is 1. The van der Waals surface area contributed by atoms with Gasteiger partial charge in [-0.25, -0.2) is 5.43 Å². The fourth-order valence-electron chi connectivity index (χ4n) is 1.61. The van der Waals surface area contributed by atoms with Gasteiger partial charge in [0.25, 0.3) is 5.91 Å². The molecule has 0 spiro atoms. The third kappa shape index (κ3) is 5.31. The van der Waals surface area contributed by atoms with E-state index in [1.165, 1.54) is 0 Å². The average Bonchev–Trinajstić information content (AvgIpc) is 2.52. The molecule has 4 nitrogen and oxygen atoms in total. The minimum Gasteiger partial charge on any atom is -0.484 e. The van der Waals surface area contributed by atoms with Crippen LogP contribution in [0, 0.1) is 3.57 Å². The highest BCUT2D eigenvalue weighted by molar-refractivity contribution is 14.1. The highest BCUT2D eigenvalue weighted by atomic mass is 127. The molecule has 2 aromatic rings. The molecule has 0 aliphatic heterocycles. The van der Waals surface area contributed by atoms with E-state index in [1.54, 1.807) is 24.3 Å². The molecule has 0 atom stereocenters. The molecular weight excluding hydrogens is 415 g/mol. The van der Waals surface area contributed by atoms with Crippen molar-refractivity contribution in [3.63, 3.8) is 0 Å². The summed E-state index contributed by atoms with van der Waals surface area (Å²) in [5.41, 5.74) is 4.16. The third-order valence-electron chi connectivity index (χ3n) is 2.79. The van der Waals surface area contributed by atoms with E-state index in [9.17, 15) is 4.79 Å². The Hall–Kier alpha value is -1.60. The van der Waals surface area contributed by atoms with E-state index in [-0.39, 0.29) is 12.5 Å². The minimum atomic E-state index is -0.320. The summed E-state index contributed by atoms with van der Waals surface area (Å²) in [6.45, 7) is 1.73. The molecule has 1 amide bonds. The van der Waals surface area contributed by atoms with Gasteiger partial charge < -0.3 is 4.74 Å². The van der Waals surface area contributed by atoms with E-state index in [2.05, 4.69) is 33.1 Å². The molecule has 0 bridgehead atoms. The lowest BCUT2D eigenvalue weighted by molar-refractivity contribution is -0.123. The number of carbonyl (C=O) groups excluding carboxylic acids is 1. The molecule has 22 heavy (non-hydrogen) atoms. The second kappa shape index (κ2) is 8.14. The Labute approximate surface area is 147 Å². The van der Waals surface area contributed by atoms with Gasteiger partial charge in [-0.3, -0.25) is 4.79 Å². The van der Waals surface area contributed by atoms with Gasteiger partial charge in [0.1, 0.15) is 5.75 Å². The summed E-state index contributed by atoms with van der Waals surface area (Å²) in [7, 11) is 0. The van der Waals surface area contributed by atoms with E-state index in [4.69, 9.17) is 16.3 Å². The Morgan fingerprint density at radius 1 is 1.18 bits per heavy atom. The number of hydrogen-bond donors (Lipinski definition) is 1. The van der Waals surface area contributed by atoms with E-state index in [1.807, 2.05) is 31.2 Å². The van der Waals surface area contributed by atoms with E-state index >= 15 is 0 Å². The van der Waals surface area contributed by atoms with Crippen LogP contribution in [0.4, 0.5) is 0 Å². The molecule has 0 saturated carbocycles. The molecule has 0 radical (unpaired) electrons. The molecular formula is C16H14ClIN2O2. The molecule has 2 rings (SSSR count). The van der Waals surface area contributed by atoms with Crippen LogP contribution in [0.1, 0.15) is 12.5 Å². The Bertz CT molecular complexity index is 670. The van der Waals surface area contributed by atoms with Crippen LogP contribution >= 0.6 is 34.2 Å². The van der Waals surface area contributed by atoms with Crippen molar-refractivity contribution >= 4 is 45.8 Å². The molecule has 1 N–H and O–H groups in total. The van der Waals surface area contributed by atoms with Crippen molar-refractivity contribution in [2.24, 2.45) is 5.10 Å². The van der Waals surface area contributed by atoms with Crippen LogP contribution < -0.4 is 10.2 Å². The Morgan fingerprint density at radius 3 is 2.45 bits per heavy atom. The molecule has 0 heterocycles. The number of ether oxygens (including phenoxy) is 1. The first kappa shape index (κ1) is 16.8. The standard InChI is InChI=1S/C16H14ClIN2O2/c1-11(12-2-6-14(18)7-3-12)19-20-16(21)10-22-15-8-4-13(17)5-9-15/h2-9H,10H2,1H3,(H,20,21)/b19-11-. The highest BCUT2D eigenvalue weighted by Crippen LogP contribution is 2.15. The van der Waals surface area contributed by atoms with Crippen LogP contribution in [0.5, 0.6) is 5.75 Å². The third-order valence-corrected chi connectivity index (χ3v) is 3.77. The highest BCUT2D eigenvalue weighted by Gasteiger charge is 2.03. The molecule has 0 aliphatic rings. The first-order valence-electron chi connectivity index (χ1n) is 6.52. The maximum absolute atomic E-state index is 11.7.